The van der Waals surface area contributed by atoms with Gasteiger partial charge in [0.25, 0.3) is 0 Å². The lowest BCUT2D eigenvalue weighted by molar-refractivity contribution is -0.113. The van der Waals surface area contributed by atoms with Crippen molar-refractivity contribution < 1.29 is 15.0 Å². The summed E-state index contributed by atoms with van der Waals surface area (Å²) in [6.45, 7) is -0.330. The zero-order chi connectivity index (χ0) is 14.4. The van der Waals surface area contributed by atoms with E-state index in [-0.39, 0.29) is 34.1 Å². The van der Waals surface area contributed by atoms with Crippen molar-refractivity contribution in [3.63, 3.8) is 0 Å². The highest BCUT2D eigenvalue weighted by atomic mass is 35.5. The molecule has 0 radical (unpaired) electrons. The maximum Gasteiger partial charge on any atom is 0.234 e. The van der Waals surface area contributed by atoms with Crippen LogP contribution in [-0.2, 0) is 4.79 Å². The van der Waals surface area contributed by atoms with Gasteiger partial charge in [-0.15, -0.1) is 11.8 Å². The average Bonchev–Trinajstić information content (AvgIpc) is 2.33. The molecule has 0 bridgehead atoms. The van der Waals surface area contributed by atoms with E-state index in [2.05, 4.69) is 5.32 Å². The summed E-state index contributed by atoms with van der Waals surface area (Å²) in [7, 11) is 0. The number of halogens is 3. The Morgan fingerprint density at radius 2 is 1.89 bits per heavy atom. The topological polar surface area (TPSA) is 69.6 Å². The Hall–Kier alpha value is -0.170. The van der Waals surface area contributed by atoms with Crippen LogP contribution in [-0.4, -0.2) is 40.3 Å². The van der Waals surface area contributed by atoms with E-state index >= 15 is 0 Å². The number of hydrogen-bond donors (Lipinski definition) is 3. The minimum atomic E-state index is -0.833. The Morgan fingerprint density at radius 3 is 2.42 bits per heavy atom. The van der Waals surface area contributed by atoms with E-state index in [1.54, 1.807) is 0 Å². The van der Waals surface area contributed by atoms with Gasteiger partial charge in [0.15, 0.2) is 0 Å². The highest BCUT2D eigenvalue weighted by molar-refractivity contribution is 8.00. The molecule has 0 heterocycles. The van der Waals surface area contributed by atoms with Crippen LogP contribution in [0.15, 0.2) is 12.1 Å². The van der Waals surface area contributed by atoms with Crippen LogP contribution in [0.4, 0.5) is 5.69 Å². The van der Waals surface area contributed by atoms with Crippen LogP contribution in [0.2, 0.25) is 15.1 Å². The fraction of sp³-hybridized carbons (Fsp3) is 0.364. The van der Waals surface area contributed by atoms with Gasteiger partial charge in [0, 0.05) is 10.8 Å². The third-order valence-electron chi connectivity index (χ3n) is 2.03. The number of rotatable bonds is 6. The molecule has 0 aliphatic carbocycles. The second-order valence-corrected chi connectivity index (χ2v) is 5.93. The van der Waals surface area contributed by atoms with Crippen molar-refractivity contribution in [2.45, 2.75) is 6.10 Å². The Balaban J connectivity index is 2.53. The second kappa shape index (κ2) is 8.19. The molecule has 1 aromatic rings. The lowest BCUT2D eigenvalue weighted by atomic mass is 10.3. The summed E-state index contributed by atoms with van der Waals surface area (Å²) in [6.07, 6.45) is -0.833. The van der Waals surface area contributed by atoms with Gasteiger partial charge in [0.05, 0.1) is 34.2 Å². The summed E-state index contributed by atoms with van der Waals surface area (Å²) in [6, 6.07) is 2.96. The van der Waals surface area contributed by atoms with E-state index in [1.165, 1.54) is 23.9 Å². The predicted molar refractivity (Wildman–Crippen MR) is 80.5 cm³/mol. The van der Waals surface area contributed by atoms with Crippen LogP contribution in [0.5, 0.6) is 0 Å². The van der Waals surface area contributed by atoms with Crippen LogP contribution in [0.25, 0.3) is 0 Å². The first kappa shape index (κ1) is 16.9. The number of aliphatic hydroxyl groups excluding tert-OH is 2. The van der Waals surface area contributed by atoms with Crippen LogP contribution in [0.1, 0.15) is 0 Å². The molecule has 0 spiro atoms. The van der Waals surface area contributed by atoms with Crippen molar-refractivity contribution >= 4 is 58.2 Å². The number of carbonyl (C=O) groups excluding carboxylic acids is 1. The molecule has 0 aliphatic heterocycles. The first-order valence-corrected chi connectivity index (χ1v) is 7.54. The maximum absolute atomic E-state index is 11.6. The molecule has 4 nitrogen and oxygen atoms in total. The Labute approximate surface area is 130 Å². The number of benzene rings is 1. The molecule has 0 saturated carbocycles. The van der Waals surface area contributed by atoms with Crippen LogP contribution >= 0.6 is 46.6 Å². The fourth-order valence-electron chi connectivity index (χ4n) is 1.18. The summed E-state index contributed by atoms with van der Waals surface area (Å²) >= 11 is 18.8. The summed E-state index contributed by atoms with van der Waals surface area (Å²) < 4.78 is 0. The second-order valence-electron chi connectivity index (χ2n) is 3.64. The number of amides is 1. The molecule has 1 aromatic carbocycles. The smallest absolute Gasteiger partial charge is 0.234 e. The first-order chi connectivity index (χ1) is 8.93. The van der Waals surface area contributed by atoms with Crippen LogP contribution < -0.4 is 5.32 Å². The zero-order valence-corrected chi connectivity index (χ0v) is 12.8. The molecule has 1 amide bonds. The van der Waals surface area contributed by atoms with Crippen LogP contribution in [0.3, 0.4) is 0 Å². The highest BCUT2D eigenvalue weighted by Crippen LogP contribution is 2.33. The molecule has 0 fully saturated rings. The van der Waals surface area contributed by atoms with Gasteiger partial charge in [-0.3, -0.25) is 4.79 Å². The van der Waals surface area contributed by atoms with Crippen molar-refractivity contribution in [3.8, 4) is 0 Å². The summed E-state index contributed by atoms with van der Waals surface area (Å²) in [4.78, 5) is 11.6. The van der Waals surface area contributed by atoms with Crippen molar-refractivity contribution in [2.24, 2.45) is 0 Å². The minimum Gasteiger partial charge on any atom is -0.394 e. The standard InChI is InChI=1S/C11H12Cl3NO3S/c12-6-1-8(13)11(9(14)2-6)15-10(18)5-19-4-7(17)3-16/h1-2,7,16-17H,3-5H2,(H,15,18). The number of carbonyl (C=O) groups is 1. The van der Waals surface area contributed by atoms with Gasteiger partial charge in [-0.25, -0.2) is 0 Å². The lowest BCUT2D eigenvalue weighted by Crippen LogP contribution is -2.19. The van der Waals surface area contributed by atoms with E-state index in [0.717, 1.165) is 0 Å². The minimum absolute atomic E-state index is 0.117. The molecule has 106 valence electrons. The van der Waals surface area contributed by atoms with Gasteiger partial charge < -0.3 is 15.5 Å². The third kappa shape index (κ3) is 5.77. The quantitative estimate of drug-likeness (QED) is 0.742. The molecule has 8 heteroatoms. The molecule has 1 atom stereocenters. The lowest BCUT2D eigenvalue weighted by Gasteiger charge is -2.10. The number of anilines is 1. The summed E-state index contributed by atoms with van der Waals surface area (Å²) in [5.74, 6) is 0.0829. The van der Waals surface area contributed by atoms with E-state index < -0.39 is 6.10 Å². The maximum atomic E-state index is 11.6. The number of nitrogens with one attached hydrogen (secondary N) is 1. The number of hydrogen-bond acceptors (Lipinski definition) is 4. The van der Waals surface area contributed by atoms with Crippen molar-refractivity contribution in [1.29, 1.82) is 0 Å². The van der Waals surface area contributed by atoms with Crippen molar-refractivity contribution in [3.05, 3.63) is 27.2 Å². The Kier molecular flexibility index (Phi) is 7.28. The molecule has 1 rings (SSSR count). The molecule has 19 heavy (non-hydrogen) atoms. The largest absolute Gasteiger partial charge is 0.394 e. The molecular formula is C11H12Cl3NO3S. The number of thioether (sulfide) groups is 1. The fourth-order valence-corrected chi connectivity index (χ4v) is 2.84. The summed E-state index contributed by atoms with van der Waals surface area (Å²) in [5.41, 5.74) is 0.307. The van der Waals surface area contributed by atoms with Crippen molar-refractivity contribution in [1.82, 2.24) is 0 Å². The normalized spacial score (nSPS) is 12.3. The zero-order valence-electron chi connectivity index (χ0n) is 9.70. The molecular weight excluding hydrogens is 333 g/mol. The van der Waals surface area contributed by atoms with Gasteiger partial charge in [-0.05, 0) is 12.1 Å². The van der Waals surface area contributed by atoms with E-state index in [9.17, 15) is 4.79 Å². The van der Waals surface area contributed by atoms with Gasteiger partial charge >= 0.3 is 0 Å². The molecule has 3 N–H and O–H groups in total. The third-order valence-corrected chi connectivity index (χ3v) is 3.93. The molecule has 0 saturated heterocycles. The van der Waals surface area contributed by atoms with Gasteiger partial charge in [-0.2, -0.15) is 0 Å². The van der Waals surface area contributed by atoms with Gasteiger partial charge in [-0.1, -0.05) is 34.8 Å². The highest BCUT2D eigenvalue weighted by Gasteiger charge is 2.12. The molecule has 1 unspecified atom stereocenters. The SMILES string of the molecule is O=C(CSCC(O)CO)Nc1c(Cl)cc(Cl)cc1Cl. The van der Waals surface area contributed by atoms with Crippen molar-refractivity contribution in [2.75, 3.05) is 23.4 Å². The molecule has 0 aromatic heterocycles. The summed E-state index contributed by atoms with van der Waals surface area (Å²) in [5, 5.41) is 21.2. The van der Waals surface area contributed by atoms with Gasteiger partial charge in [0.1, 0.15) is 0 Å². The van der Waals surface area contributed by atoms with E-state index in [0.29, 0.717) is 10.7 Å². The monoisotopic (exact) mass is 343 g/mol. The first-order valence-electron chi connectivity index (χ1n) is 5.25. The van der Waals surface area contributed by atoms with Crippen LogP contribution in [0, 0.1) is 0 Å². The van der Waals surface area contributed by atoms with E-state index in [1.807, 2.05) is 0 Å². The average molecular weight is 345 g/mol. The van der Waals surface area contributed by atoms with E-state index in [4.69, 9.17) is 45.0 Å². The Bertz CT molecular complexity index is 436. The van der Waals surface area contributed by atoms with Gasteiger partial charge in [0.2, 0.25) is 5.91 Å². The Morgan fingerprint density at radius 1 is 1.32 bits per heavy atom. The number of aliphatic hydroxyl groups is 2. The predicted octanol–water partition coefficient (Wildman–Crippen LogP) is 2.67. The molecule has 0 aliphatic rings.